The van der Waals surface area contributed by atoms with E-state index in [0.717, 1.165) is 42.4 Å². The van der Waals surface area contributed by atoms with Gasteiger partial charge in [0.2, 0.25) is 0 Å². The molecule has 1 nitrogen and oxygen atoms in total. The predicted octanol–water partition coefficient (Wildman–Crippen LogP) is 7.41. The molecule has 4 aliphatic rings. The van der Waals surface area contributed by atoms with Crippen LogP contribution in [0.5, 0.6) is 0 Å². The van der Waals surface area contributed by atoms with Crippen molar-refractivity contribution < 1.29 is 5.11 Å². The summed E-state index contributed by atoms with van der Waals surface area (Å²) in [4.78, 5) is 0. The number of fused-ring (bicyclic) bond motifs is 5. The van der Waals surface area contributed by atoms with E-state index in [4.69, 9.17) is 0 Å². The molecule has 0 aromatic carbocycles. The summed E-state index contributed by atoms with van der Waals surface area (Å²) in [5.74, 6) is 5.29. The molecule has 1 N–H and O–H groups in total. The van der Waals surface area contributed by atoms with Crippen LogP contribution < -0.4 is 0 Å². The van der Waals surface area contributed by atoms with E-state index in [2.05, 4.69) is 59.8 Å². The normalized spacial score (nSPS) is 46.8. The van der Waals surface area contributed by atoms with Gasteiger partial charge in [-0.25, -0.2) is 0 Å². The molecular weight excluding hydrogens is 352 g/mol. The first-order valence-corrected chi connectivity index (χ1v) is 12.7. The minimum atomic E-state index is -0.0329. The molecule has 0 heterocycles. The molecule has 29 heavy (non-hydrogen) atoms. The van der Waals surface area contributed by atoms with Crippen molar-refractivity contribution in [1.29, 1.82) is 0 Å². The summed E-state index contributed by atoms with van der Waals surface area (Å²) < 4.78 is 0. The molecule has 4 rings (SSSR count). The van der Waals surface area contributed by atoms with E-state index in [1.54, 1.807) is 0 Å². The second-order valence-corrected chi connectivity index (χ2v) is 12.2. The SMILES string of the molecule is CC(C)[C@H](C)/C=C/[C@@H](C)[C@H]1CC=C2[C@@H]3CC[C@H]4C[C@@H](O)CC[C@]4(C)[C@H]3CC[C@@]21C. The molecule has 3 fully saturated rings. The Balaban J connectivity index is 1.51. The van der Waals surface area contributed by atoms with Crippen molar-refractivity contribution in [3.05, 3.63) is 23.8 Å². The molecule has 0 amide bonds. The third-order valence-corrected chi connectivity index (χ3v) is 10.5. The quantitative estimate of drug-likeness (QED) is 0.489. The van der Waals surface area contributed by atoms with Gasteiger partial charge in [-0.15, -0.1) is 0 Å². The van der Waals surface area contributed by atoms with Crippen LogP contribution in [0.15, 0.2) is 23.8 Å². The average Bonchev–Trinajstić information content (AvgIpc) is 3.03. The zero-order chi connectivity index (χ0) is 21.0. The van der Waals surface area contributed by atoms with E-state index in [1.807, 2.05) is 5.57 Å². The lowest BCUT2D eigenvalue weighted by Gasteiger charge is -2.59. The minimum absolute atomic E-state index is 0.0329. The van der Waals surface area contributed by atoms with Gasteiger partial charge in [0.1, 0.15) is 0 Å². The highest BCUT2D eigenvalue weighted by molar-refractivity contribution is 5.30. The zero-order valence-electron chi connectivity index (χ0n) is 20.0. The average molecular weight is 399 g/mol. The van der Waals surface area contributed by atoms with Gasteiger partial charge < -0.3 is 5.11 Å². The van der Waals surface area contributed by atoms with Crippen molar-refractivity contribution in [2.45, 2.75) is 99.0 Å². The fourth-order valence-corrected chi connectivity index (χ4v) is 8.10. The molecular formula is C28H46O. The molecule has 164 valence electrons. The van der Waals surface area contributed by atoms with Crippen molar-refractivity contribution in [3.63, 3.8) is 0 Å². The minimum Gasteiger partial charge on any atom is -0.393 e. The summed E-state index contributed by atoms with van der Waals surface area (Å²) in [5, 5.41) is 10.3. The predicted molar refractivity (Wildman–Crippen MR) is 124 cm³/mol. The summed E-state index contributed by atoms with van der Waals surface area (Å²) in [5.41, 5.74) is 2.74. The van der Waals surface area contributed by atoms with Gasteiger partial charge in [-0.1, -0.05) is 65.3 Å². The third-order valence-electron chi connectivity index (χ3n) is 10.5. The molecule has 0 aliphatic heterocycles. The molecule has 0 radical (unpaired) electrons. The summed E-state index contributed by atoms with van der Waals surface area (Å²) in [7, 11) is 0. The van der Waals surface area contributed by atoms with Crippen molar-refractivity contribution in [3.8, 4) is 0 Å². The van der Waals surface area contributed by atoms with Crippen LogP contribution in [0.4, 0.5) is 0 Å². The fraction of sp³-hybridized carbons (Fsp3) is 0.857. The number of rotatable bonds is 4. The van der Waals surface area contributed by atoms with Gasteiger partial charge in [0.25, 0.3) is 0 Å². The molecule has 0 spiro atoms. The van der Waals surface area contributed by atoms with Crippen molar-refractivity contribution in [2.24, 2.45) is 52.3 Å². The number of hydrogen-bond acceptors (Lipinski definition) is 1. The molecule has 3 saturated carbocycles. The van der Waals surface area contributed by atoms with Gasteiger partial charge in [-0.3, -0.25) is 0 Å². The van der Waals surface area contributed by atoms with Gasteiger partial charge in [-0.05, 0) is 104 Å². The van der Waals surface area contributed by atoms with Gasteiger partial charge in [0.15, 0.2) is 0 Å². The number of hydrogen-bond donors (Lipinski definition) is 1. The monoisotopic (exact) mass is 398 g/mol. The lowest BCUT2D eigenvalue weighted by Crippen LogP contribution is -2.52. The Bertz CT molecular complexity index is 659. The van der Waals surface area contributed by atoms with Gasteiger partial charge in [0.05, 0.1) is 6.10 Å². The standard InChI is InChI=1S/C28H46O/c1-18(2)19(3)7-8-20(4)24-11-12-25-23-10-9-21-17-22(29)13-15-27(21,5)26(23)14-16-28(24,25)6/h7-8,12,18-24,26,29H,9-11,13-17H2,1-6H3/b8-7+/t19-,20-,21+,22+,23+,24-,26+,27+,28-/m1/s1. The van der Waals surface area contributed by atoms with Crippen LogP contribution in [-0.2, 0) is 0 Å². The van der Waals surface area contributed by atoms with Crippen molar-refractivity contribution in [1.82, 2.24) is 0 Å². The fourth-order valence-electron chi connectivity index (χ4n) is 8.10. The van der Waals surface area contributed by atoms with E-state index < -0.39 is 0 Å². The van der Waals surface area contributed by atoms with E-state index in [-0.39, 0.29) is 6.10 Å². The van der Waals surface area contributed by atoms with Crippen LogP contribution in [0.2, 0.25) is 0 Å². The molecule has 0 aromatic heterocycles. The van der Waals surface area contributed by atoms with Crippen LogP contribution >= 0.6 is 0 Å². The van der Waals surface area contributed by atoms with Crippen LogP contribution in [0.3, 0.4) is 0 Å². The lowest BCUT2D eigenvalue weighted by atomic mass is 9.45. The first-order chi connectivity index (χ1) is 13.7. The van der Waals surface area contributed by atoms with E-state index in [9.17, 15) is 5.11 Å². The molecule has 9 atom stereocenters. The van der Waals surface area contributed by atoms with Crippen molar-refractivity contribution in [2.75, 3.05) is 0 Å². The Kier molecular flexibility index (Phi) is 5.86. The summed E-state index contributed by atoms with van der Waals surface area (Å²) in [6, 6.07) is 0. The van der Waals surface area contributed by atoms with E-state index in [1.165, 1.54) is 38.5 Å². The summed E-state index contributed by atoms with van der Waals surface area (Å²) >= 11 is 0. The van der Waals surface area contributed by atoms with E-state index in [0.29, 0.717) is 22.7 Å². The summed E-state index contributed by atoms with van der Waals surface area (Å²) in [6.07, 6.45) is 17.8. The molecule has 0 saturated heterocycles. The van der Waals surface area contributed by atoms with Gasteiger partial charge in [-0.2, -0.15) is 0 Å². The highest BCUT2D eigenvalue weighted by Gasteiger charge is 2.57. The number of aliphatic hydroxyl groups excluding tert-OH is 1. The Morgan fingerprint density at radius 2 is 1.76 bits per heavy atom. The Morgan fingerprint density at radius 1 is 1.00 bits per heavy atom. The van der Waals surface area contributed by atoms with E-state index >= 15 is 0 Å². The third kappa shape index (κ3) is 3.58. The van der Waals surface area contributed by atoms with Crippen molar-refractivity contribution >= 4 is 0 Å². The first-order valence-electron chi connectivity index (χ1n) is 12.7. The van der Waals surface area contributed by atoms with Gasteiger partial charge in [0, 0.05) is 0 Å². The molecule has 0 aromatic rings. The smallest absolute Gasteiger partial charge is 0.0543 e. The first kappa shape index (κ1) is 21.7. The van der Waals surface area contributed by atoms with Crippen LogP contribution in [-0.4, -0.2) is 11.2 Å². The number of allylic oxidation sites excluding steroid dienone is 4. The summed E-state index contributed by atoms with van der Waals surface area (Å²) in [6.45, 7) is 14.7. The second-order valence-electron chi connectivity index (χ2n) is 12.2. The molecule has 1 heteroatoms. The Labute approximate surface area is 180 Å². The maximum atomic E-state index is 10.3. The maximum Gasteiger partial charge on any atom is 0.0543 e. The largest absolute Gasteiger partial charge is 0.393 e. The van der Waals surface area contributed by atoms with Crippen LogP contribution in [0.25, 0.3) is 0 Å². The lowest BCUT2D eigenvalue weighted by molar-refractivity contribution is -0.0852. The topological polar surface area (TPSA) is 20.2 Å². The van der Waals surface area contributed by atoms with Crippen LogP contribution in [0.1, 0.15) is 92.9 Å². The Hall–Kier alpha value is -0.560. The molecule has 0 unspecified atom stereocenters. The Morgan fingerprint density at radius 3 is 2.48 bits per heavy atom. The highest BCUT2D eigenvalue weighted by Crippen LogP contribution is 2.66. The molecule has 0 bridgehead atoms. The van der Waals surface area contributed by atoms with Crippen LogP contribution in [0, 0.1) is 52.3 Å². The maximum absolute atomic E-state index is 10.3. The van der Waals surface area contributed by atoms with Gasteiger partial charge >= 0.3 is 0 Å². The zero-order valence-corrected chi connectivity index (χ0v) is 20.0. The highest BCUT2D eigenvalue weighted by atomic mass is 16.3. The number of aliphatic hydroxyl groups is 1. The molecule has 4 aliphatic carbocycles. The second kappa shape index (κ2) is 7.85.